The average Bonchev–Trinajstić information content (AvgIpc) is 3.02. The molecule has 1 aromatic heterocycles. The van der Waals surface area contributed by atoms with Crippen molar-refractivity contribution >= 4 is 38.6 Å². The van der Waals surface area contributed by atoms with Gasteiger partial charge in [0, 0.05) is 31.9 Å². The van der Waals surface area contributed by atoms with Crippen molar-refractivity contribution in [3.8, 4) is 0 Å². The highest BCUT2D eigenvalue weighted by atomic mass is 35.5. The van der Waals surface area contributed by atoms with E-state index in [2.05, 4.69) is 24.1 Å². The number of para-hydroxylation sites is 1. The van der Waals surface area contributed by atoms with Gasteiger partial charge in [-0.1, -0.05) is 29.8 Å². The minimum Gasteiger partial charge on any atom is -0.372 e. The Labute approximate surface area is 146 Å². The summed E-state index contributed by atoms with van der Waals surface area (Å²) < 4.78 is 27.1. The molecule has 124 valence electrons. The lowest BCUT2D eigenvalue weighted by molar-refractivity contribution is 0.315. The van der Waals surface area contributed by atoms with Crippen LogP contribution in [0.25, 0.3) is 0 Å². The highest BCUT2D eigenvalue weighted by Gasteiger charge is 2.32. The van der Waals surface area contributed by atoms with Crippen molar-refractivity contribution in [2.75, 3.05) is 25.0 Å². The quantitative estimate of drug-likeness (QED) is 0.824. The molecule has 0 radical (unpaired) electrons. The number of halogens is 1. The minimum absolute atomic E-state index is 0.258. The molecule has 1 aromatic carbocycles. The van der Waals surface area contributed by atoms with E-state index in [1.165, 1.54) is 11.3 Å². The standard InChI is InChI=1S/C16H19ClN2O2S2/c1-18(13-5-3-2-4-6-13)14-7-10-19(11-8-14)23(20,21)16-15(17)9-12-22-16/h2-6,9,12,14H,7-8,10-11H2,1H3. The van der Waals surface area contributed by atoms with Gasteiger partial charge < -0.3 is 4.90 Å². The van der Waals surface area contributed by atoms with Gasteiger partial charge in [-0.05, 0) is 36.4 Å². The molecule has 2 heterocycles. The first-order valence-electron chi connectivity index (χ1n) is 7.51. The van der Waals surface area contributed by atoms with Gasteiger partial charge in [-0.3, -0.25) is 0 Å². The highest BCUT2D eigenvalue weighted by Crippen LogP contribution is 2.32. The number of thiophene rings is 1. The second-order valence-electron chi connectivity index (χ2n) is 5.64. The first-order chi connectivity index (χ1) is 11.0. The lowest BCUT2D eigenvalue weighted by Crippen LogP contribution is -2.45. The molecule has 0 aliphatic carbocycles. The summed E-state index contributed by atoms with van der Waals surface area (Å²) in [6, 6.07) is 12.2. The molecule has 23 heavy (non-hydrogen) atoms. The Morgan fingerprint density at radius 1 is 1.17 bits per heavy atom. The number of sulfonamides is 1. The van der Waals surface area contributed by atoms with Crippen LogP contribution in [0.5, 0.6) is 0 Å². The normalized spacial score (nSPS) is 17.3. The molecule has 1 aliphatic rings. The zero-order chi connectivity index (χ0) is 16.4. The number of anilines is 1. The second-order valence-corrected chi connectivity index (χ2v) is 9.09. The first-order valence-corrected chi connectivity index (χ1v) is 10.2. The van der Waals surface area contributed by atoms with Gasteiger partial charge in [0.2, 0.25) is 0 Å². The molecule has 3 rings (SSSR count). The van der Waals surface area contributed by atoms with Gasteiger partial charge in [0.1, 0.15) is 0 Å². The Hall–Kier alpha value is -1.08. The molecule has 0 spiro atoms. The van der Waals surface area contributed by atoms with Gasteiger partial charge in [-0.2, -0.15) is 4.31 Å². The summed E-state index contributed by atoms with van der Waals surface area (Å²) in [4.78, 5) is 2.24. The molecule has 0 atom stereocenters. The zero-order valence-electron chi connectivity index (χ0n) is 12.9. The van der Waals surface area contributed by atoms with E-state index in [4.69, 9.17) is 11.6 Å². The predicted molar refractivity (Wildman–Crippen MR) is 96.0 cm³/mol. The summed E-state index contributed by atoms with van der Waals surface area (Å²) in [6.07, 6.45) is 1.63. The maximum atomic E-state index is 12.7. The molecule has 1 aliphatic heterocycles. The smallest absolute Gasteiger partial charge is 0.254 e. The van der Waals surface area contributed by atoms with E-state index in [9.17, 15) is 8.42 Å². The van der Waals surface area contributed by atoms with Crippen molar-refractivity contribution in [1.29, 1.82) is 0 Å². The average molecular weight is 371 g/mol. The number of hydrogen-bond acceptors (Lipinski definition) is 4. The Morgan fingerprint density at radius 2 is 1.83 bits per heavy atom. The van der Waals surface area contributed by atoms with Crippen LogP contribution in [0.1, 0.15) is 12.8 Å². The zero-order valence-corrected chi connectivity index (χ0v) is 15.2. The van der Waals surface area contributed by atoms with Crippen LogP contribution in [0.3, 0.4) is 0 Å². The molecular weight excluding hydrogens is 352 g/mol. The maximum absolute atomic E-state index is 12.7. The lowest BCUT2D eigenvalue weighted by Gasteiger charge is -2.37. The van der Waals surface area contributed by atoms with Crippen LogP contribution < -0.4 is 4.90 Å². The van der Waals surface area contributed by atoms with E-state index in [0.717, 1.165) is 18.5 Å². The molecule has 0 unspecified atom stereocenters. The van der Waals surface area contributed by atoms with Crippen molar-refractivity contribution in [1.82, 2.24) is 4.31 Å². The van der Waals surface area contributed by atoms with E-state index in [0.29, 0.717) is 24.2 Å². The van der Waals surface area contributed by atoms with Gasteiger partial charge >= 0.3 is 0 Å². The van der Waals surface area contributed by atoms with Crippen LogP contribution in [0.4, 0.5) is 5.69 Å². The molecule has 0 saturated carbocycles. The van der Waals surface area contributed by atoms with Crippen molar-refractivity contribution in [3.63, 3.8) is 0 Å². The van der Waals surface area contributed by atoms with Gasteiger partial charge in [0.15, 0.2) is 4.21 Å². The highest BCUT2D eigenvalue weighted by molar-refractivity contribution is 7.91. The number of benzene rings is 1. The molecule has 4 nitrogen and oxygen atoms in total. The molecule has 0 N–H and O–H groups in total. The fourth-order valence-electron chi connectivity index (χ4n) is 2.92. The maximum Gasteiger partial charge on any atom is 0.254 e. The predicted octanol–water partition coefficient (Wildman–Crippen LogP) is 3.69. The first kappa shape index (κ1) is 16.8. The van der Waals surface area contributed by atoms with E-state index >= 15 is 0 Å². The third kappa shape index (κ3) is 3.40. The van der Waals surface area contributed by atoms with E-state index in [-0.39, 0.29) is 4.21 Å². The summed E-state index contributed by atoms with van der Waals surface area (Å²) in [5, 5.41) is 2.03. The molecule has 7 heteroatoms. The van der Waals surface area contributed by atoms with Gasteiger partial charge in [0.05, 0.1) is 5.02 Å². The van der Waals surface area contributed by atoms with E-state index in [1.54, 1.807) is 15.8 Å². The van der Waals surface area contributed by atoms with E-state index < -0.39 is 10.0 Å². The van der Waals surface area contributed by atoms with Crippen LogP contribution in [-0.2, 0) is 10.0 Å². The van der Waals surface area contributed by atoms with Crippen LogP contribution in [0, 0.1) is 0 Å². The molecule has 1 fully saturated rings. The van der Waals surface area contributed by atoms with Crippen LogP contribution >= 0.6 is 22.9 Å². The Bertz CT molecular complexity index is 753. The van der Waals surface area contributed by atoms with Crippen LogP contribution in [0.15, 0.2) is 46.0 Å². The Balaban J connectivity index is 1.68. The third-order valence-electron chi connectivity index (χ3n) is 4.29. The van der Waals surface area contributed by atoms with Crippen LogP contribution in [-0.4, -0.2) is 38.9 Å². The topological polar surface area (TPSA) is 40.6 Å². The molecule has 1 saturated heterocycles. The van der Waals surface area contributed by atoms with Crippen molar-refractivity contribution < 1.29 is 8.42 Å². The number of piperidine rings is 1. The van der Waals surface area contributed by atoms with Crippen molar-refractivity contribution in [3.05, 3.63) is 46.8 Å². The summed E-state index contributed by atoms with van der Waals surface area (Å²) in [5.41, 5.74) is 1.16. The van der Waals surface area contributed by atoms with Crippen molar-refractivity contribution in [2.45, 2.75) is 23.1 Å². The molecule has 2 aromatic rings. The molecular formula is C16H19ClN2O2S2. The summed E-state index contributed by atoms with van der Waals surface area (Å²) in [6.45, 7) is 1.05. The summed E-state index contributed by atoms with van der Waals surface area (Å²) in [7, 11) is -1.39. The number of hydrogen-bond donors (Lipinski definition) is 0. The van der Waals surface area contributed by atoms with Gasteiger partial charge in [-0.25, -0.2) is 8.42 Å². The van der Waals surface area contributed by atoms with Gasteiger partial charge in [0.25, 0.3) is 10.0 Å². The second kappa shape index (κ2) is 6.81. The number of nitrogens with zero attached hydrogens (tertiary/aromatic N) is 2. The largest absolute Gasteiger partial charge is 0.372 e. The third-order valence-corrected chi connectivity index (χ3v) is 8.19. The Morgan fingerprint density at radius 3 is 2.39 bits per heavy atom. The van der Waals surface area contributed by atoms with Crippen molar-refractivity contribution in [2.24, 2.45) is 0 Å². The fourth-order valence-corrected chi connectivity index (χ4v) is 6.21. The van der Waals surface area contributed by atoms with Gasteiger partial charge in [-0.15, -0.1) is 11.3 Å². The monoisotopic (exact) mass is 370 g/mol. The van der Waals surface area contributed by atoms with Crippen LogP contribution in [0.2, 0.25) is 5.02 Å². The van der Waals surface area contributed by atoms with E-state index in [1.807, 2.05) is 18.2 Å². The molecule has 0 bridgehead atoms. The summed E-state index contributed by atoms with van der Waals surface area (Å²) >= 11 is 7.18. The molecule has 0 amide bonds. The number of rotatable bonds is 4. The lowest BCUT2D eigenvalue weighted by atomic mass is 10.0. The Kier molecular flexibility index (Phi) is 4.96. The summed E-state index contributed by atoms with van der Waals surface area (Å²) in [5.74, 6) is 0. The SMILES string of the molecule is CN(c1ccccc1)C1CCN(S(=O)(=O)c2sccc2Cl)CC1. The minimum atomic E-state index is -3.46. The fraction of sp³-hybridized carbons (Fsp3) is 0.375.